The molecule has 23 heavy (non-hydrogen) atoms. The smallest absolute Gasteiger partial charge is 0.172 e. The molecule has 1 unspecified atom stereocenters. The lowest BCUT2D eigenvalue weighted by Crippen LogP contribution is -2.16. The number of benzene rings is 1. The molecule has 0 N–H and O–H groups in total. The Bertz CT molecular complexity index is 803. The number of carbonyl (C=O) groups excluding carboxylic acids is 1. The number of ketones is 1. The molecule has 3 rings (SSSR count). The van der Waals surface area contributed by atoms with Crippen LogP contribution in [0.25, 0.3) is 0 Å². The molecule has 0 aliphatic rings. The van der Waals surface area contributed by atoms with Crippen LogP contribution < -0.4 is 0 Å². The molecule has 0 aliphatic heterocycles. The van der Waals surface area contributed by atoms with E-state index >= 15 is 0 Å². The number of aromatic nitrogens is 1. The first-order chi connectivity index (χ1) is 11.1. The second-order valence-electron chi connectivity index (χ2n) is 5.11. The molecule has 0 aliphatic carbocycles. The van der Waals surface area contributed by atoms with Gasteiger partial charge in [-0.2, -0.15) is 0 Å². The predicted molar refractivity (Wildman–Crippen MR) is 95.8 cm³/mol. The highest BCUT2D eigenvalue weighted by Gasteiger charge is 2.25. The molecule has 0 saturated heterocycles. The Morgan fingerprint density at radius 3 is 2.70 bits per heavy atom. The van der Waals surface area contributed by atoms with Gasteiger partial charge in [0.15, 0.2) is 5.78 Å². The van der Waals surface area contributed by atoms with E-state index in [1.54, 1.807) is 48.0 Å². The molecule has 0 spiro atoms. The number of carbonyl (C=O) groups is 1. The summed E-state index contributed by atoms with van der Waals surface area (Å²) in [4.78, 5) is 18.2. The van der Waals surface area contributed by atoms with E-state index in [0.29, 0.717) is 22.0 Å². The van der Waals surface area contributed by atoms with Gasteiger partial charge in [0.2, 0.25) is 0 Å². The van der Waals surface area contributed by atoms with Crippen LogP contribution in [0.2, 0.25) is 10.0 Å². The van der Waals surface area contributed by atoms with Crippen LogP contribution in [0.1, 0.15) is 26.7 Å². The molecule has 0 amide bonds. The Morgan fingerprint density at radius 2 is 2.04 bits per heavy atom. The number of Topliss-reactive ketones (excluding diaryl/α,β-unsaturated/α-hetero) is 1. The third-order valence-electron chi connectivity index (χ3n) is 3.59. The fraction of sp³-hybridized carbons (Fsp3) is 0.111. The van der Waals surface area contributed by atoms with Crippen molar-refractivity contribution in [2.45, 2.75) is 12.3 Å². The van der Waals surface area contributed by atoms with Crippen molar-refractivity contribution >= 4 is 40.3 Å². The van der Waals surface area contributed by atoms with Gasteiger partial charge in [0, 0.05) is 32.9 Å². The summed E-state index contributed by atoms with van der Waals surface area (Å²) in [6.07, 6.45) is 3.85. The fourth-order valence-corrected chi connectivity index (χ4v) is 3.76. The molecule has 1 aromatic carbocycles. The van der Waals surface area contributed by atoms with E-state index in [-0.39, 0.29) is 11.7 Å². The van der Waals surface area contributed by atoms with E-state index in [9.17, 15) is 4.79 Å². The lowest BCUT2D eigenvalue weighted by Gasteiger charge is -2.17. The average Bonchev–Trinajstić information content (AvgIpc) is 3.07. The minimum Gasteiger partial charge on any atom is -0.293 e. The first-order valence-electron chi connectivity index (χ1n) is 7.06. The van der Waals surface area contributed by atoms with Crippen molar-refractivity contribution in [3.63, 3.8) is 0 Å². The second kappa shape index (κ2) is 7.26. The van der Waals surface area contributed by atoms with E-state index in [4.69, 9.17) is 23.2 Å². The van der Waals surface area contributed by atoms with Gasteiger partial charge in [-0.15, -0.1) is 11.3 Å². The lowest BCUT2D eigenvalue weighted by atomic mass is 9.88. The molecule has 0 saturated carbocycles. The number of hydrogen-bond acceptors (Lipinski definition) is 3. The minimum absolute atomic E-state index is 0.00993. The van der Waals surface area contributed by atoms with Gasteiger partial charge >= 0.3 is 0 Å². The summed E-state index contributed by atoms with van der Waals surface area (Å²) in [5, 5.41) is 3.07. The largest absolute Gasteiger partial charge is 0.293 e. The first kappa shape index (κ1) is 16.2. The predicted octanol–water partition coefficient (Wildman–Crippen LogP) is 5.66. The summed E-state index contributed by atoms with van der Waals surface area (Å²) >= 11 is 14.0. The Hall–Kier alpha value is -1.68. The summed E-state index contributed by atoms with van der Waals surface area (Å²) in [5.74, 6) is -0.349. The van der Waals surface area contributed by atoms with Crippen molar-refractivity contribution in [1.82, 2.24) is 4.98 Å². The van der Waals surface area contributed by atoms with Gasteiger partial charge in [0.1, 0.15) is 0 Å². The van der Waals surface area contributed by atoms with E-state index in [1.165, 1.54) is 0 Å². The minimum atomic E-state index is -0.359. The molecule has 1 atom stereocenters. The van der Waals surface area contributed by atoms with Crippen molar-refractivity contribution in [1.29, 1.82) is 0 Å². The van der Waals surface area contributed by atoms with Gasteiger partial charge in [0.05, 0.1) is 5.92 Å². The number of pyridine rings is 1. The van der Waals surface area contributed by atoms with Crippen molar-refractivity contribution in [2.75, 3.05) is 0 Å². The summed E-state index contributed by atoms with van der Waals surface area (Å²) in [7, 11) is 0. The molecule has 0 fully saturated rings. The fourth-order valence-electron chi connectivity index (χ4n) is 2.47. The first-order valence-corrected chi connectivity index (χ1v) is 8.70. The van der Waals surface area contributed by atoms with E-state index in [2.05, 4.69) is 4.98 Å². The Kier molecular flexibility index (Phi) is 5.11. The number of hydrogen-bond donors (Lipinski definition) is 0. The number of rotatable bonds is 5. The average molecular weight is 362 g/mol. The third-order valence-corrected chi connectivity index (χ3v) is 5.05. The highest BCUT2D eigenvalue weighted by atomic mass is 35.5. The van der Waals surface area contributed by atoms with Crippen LogP contribution in [0.3, 0.4) is 0 Å². The van der Waals surface area contributed by atoms with Crippen LogP contribution in [-0.4, -0.2) is 10.8 Å². The van der Waals surface area contributed by atoms with Crippen molar-refractivity contribution in [3.05, 3.63) is 86.3 Å². The molecule has 2 aromatic heterocycles. The SMILES string of the molecule is O=C(c1cccnc1)C(Cc1cccs1)c1ccc(Cl)cc1Cl. The van der Waals surface area contributed by atoms with E-state index in [0.717, 1.165) is 10.4 Å². The van der Waals surface area contributed by atoms with Gasteiger partial charge in [0.25, 0.3) is 0 Å². The molecule has 116 valence electrons. The Labute approximate surface area is 148 Å². The lowest BCUT2D eigenvalue weighted by molar-refractivity contribution is 0.0959. The summed E-state index contributed by atoms with van der Waals surface area (Å²) in [5.41, 5.74) is 1.37. The highest BCUT2D eigenvalue weighted by Crippen LogP contribution is 2.33. The highest BCUT2D eigenvalue weighted by molar-refractivity contribution is 7.09. The van der Waals surface area contributed by atoms with Crippen LogP contribution >= 0.6 is 34.5 Å². The van der Waals surface area contributed by atoms with Crippen molar-refractivity contribution in [3.8, 4) is 0 Å². The Morgan fingerprint density at radius 1 is 1.17 bits per heavy atom. The summed E-state index contributed by atoms with van der Waals surface area (Å²) in [6.45, 7) is 0. The molecule has 3 aromatic rings. The van der Waals surface area contributed by atoms with Crippen LogP contribution in [0.5, 0.6) is 0 Å². The maximum Gasteiger partial charge on any atom is 0.172 e. The molecular formula is C18H13Cl2NOS. The molecule has 0 radical (unpaired) electrons. The van der Waals surface area contributed by atoms with Crippen LogP contribution in [0.15, 0.2) is 60.2 Å². The van der Waals surface area contributed by atoms with Crippen molar-refractivity contribution < 1.29 is 4.79 Å². The van der Waals surface area contributed by atoms with E-state index in [1.807, 2.05) is 23.6 Å². The molecule has 2 nitrogen and oxygen atoms in total. The molecule has 0 bridgehead atoms. The van der Waals surface area contributed by atoms with Crippen LogP contribution in [0.4, 0.5) is 0 Å². The number of nitrogens with zero attached hydrogens (tertiary/aromatic N) is 1. The van der Waals surface area contributed by atoms with Gasteiger partial charge < -0.3 is 0 Å². The zero-order valence-corrected chi connectivity index (χ0v) is 14.4. The van der Waals surface area contributed by atoms with E-state index < -0.39 is 0 Å². The number of halogens is 2. The van der Waals surface area contributed by atoms with Crippen LogP contribution in [-0.2, 0) is 6.42 Å². The van der Waals surface area contributed by atoms with Gasteiger partial charge in [-0.1, -0.05) is 35.3 Å². The Balaban J connectivity index is 2.01. The van der Waals surface area contributed by atoms with Crippen LogP contribution in [0, 0.1) is 0 Å². The van der Waals surface area contributed by atoms with Gasteiger partial charge in [-0.25, -0.2) is 0 Å². The summed E-state index contributed by atoms with van der Waals surface area (Å²) in [6, 6.07) is 12.8. The summed E-state index contributed by atoms with van der Waals surface area (Å²) < 4.78 is 0. The molecular weight excluding hydrogens is 349 g/mol. The van der Waals surface area contributed by atoms with Crippen molar-refractivity contribution in [2.24, 2.45) is 0 Å². The molecule has 5 heteroatoms. The molecule has 2 heterocycles. The van der Waals surface area contributed by atoms with Gasteiger partial charge in [-0.3, -0.25) is 9.78 Å². The topological polar surface area (TPSA) is 30.0 Å². The quantitative estimate of drug-likeness (QED) is 0.548. The zero-order chi connectivity index (χ0) is 16.2. The maximum absolute atomic E-state index is 13.0. The second-order valence-corrected chi connectivity index (χ2v) is 6.98. The standard InChI is InChI=1S/C18H13Cl2NOS/c19-13-5-6-15(17(20)9-13)16(10-14-4-2-8-23-14)18(22)12-3-1-7-21-11-12/h1-9,11,16H,10H2. The normalized spacial score (nSPS) is 12.1. The zero-order valence-electron chi connectivity index (χ0n) is 12.1. The maximum atomic E-state index is 13.0. The third kappa shape index (κ3) is 3.81. The van der Waals surface area contributed by atoms with Gasteiger partial charge in [-0.05, 0) is 47.7 Å². The monoisotopic (exact) mass is 361 g/mol. The number of thiophene rings is 1.